The third-order valence-corrected chi connectivity index (χ3v) is 3.70. The van der Waals surface area contributed by atoms with Crippen molar-refractivity contribution in [3.63, 3.8) is 0 Å². The van der Waals surface area contributed by atoms with E-state index in [2.05, 4.69) is 0 Å². The van der Waals surface area contributed by atoms with Crippen LogP contribution < -0.4 is 4.48 Å². The molecular formula is C9H14NO3S2+. The average molecular weight is 248 g/mol. The molecule has 4 nitrogen and oxygen atoms in total. The van der Waals surface area contributed by atoms with Crippen LogP contribution in [-0.4, -0.2) is 34.1 Å². The third kappa shape index (κ3) is 4.21. The van der Waals surface area contributed by atoms with Crippen LogP contribution in [0.15, 0.2) is 29.2 Å². The lowest BCUT2D eigenvalue weighted by Gasteiger charge is -2.23. The molecule has 0 fully saturated rings. The minimum Gasteiger partial charge on any atom is -0.298 e. The number of hydrogen-bond donors (Lipinski definition) is 1. The Morgan fingerprint density at radius 3 is 1.93 bits per heavy atom. The molecule has 0 radical (unpaired) electrons. The Morgan fingerprint density at radius 2 is 1.60 bits per heavy atom. The van der Waals surface area contributed by atoms with Gasteiger partial charge in [-0.2, -0.15) is 8.42 Å². The summed E-state index contributed by atoms with van der Waals surface area (Å²) in [6, 6.07) is 7.04. The van der Waals surface area contributed by atoms with E-state index >= 15 is 0 Å². The SMILES string of the molecule is C[N+](C)(C)c1ccc(SS(=O)(=O)O)cc1. The monoisotopic (exact) mass is 248 g/mol. The first-order chi connectivity index (χ1) is 6.68. The lowest BCUT2D eigenvalue weighted by Crippen LogP contribution is -2.34. The molecule has 0 heterocycles. The maximum atomic E-state index is 10.6. The maximum absolute atomic E-state index is 10.6. The summed E-state index contributed by atoms with van der Waals surface area (Å²) < 4.78 is 30.5. The second-order valence-corrected chi connectivity index (χ2v) is 7.27. The normalized spacial score (nSPS) is 12.8. The van der Waals surface area contributed by atoms with Gasteiger partial charge in [-0.25, -0.2) is 0 Å². The molecule has 0 saturated carbocycles. The second kappa shape index (κ2) is 4.13. The van der Waals surface area contributed by atoms with Gasteiger partial charge >= 0.3 is 9.15 Å². The van der Waals surface area contributed by atoms with Crippen molar-refractivity contribution in [1.82, 2.24) is 4.48 Å². The number of rotatable bonds is 3. The molecule has 0 aliphatic heterocycles. The van der Waals surface area contributed by atoms with Crippen molar-refractivity contribution in [2.24, 2.45) is 0 Å². The van der Waals surface area contributed by atoms with Gasteiger partial charge in [-0.05, 0) is 12.1 Å². The molecule has 0 bridgehead atoms. The molecule has 0 spiro atoms. The lowest BCUT2D eigenvalue weighted by molar-refractivity contribution is 0.486. The summed E-state index contributed by atoms with van der Waals surface area (Å²) >= 11 is 0. The molecule has 1 rings (SSSR count). The predicted molar refractivity (Wildman–Crippen MR) is 63.4 cm³/mol. The molecule has 15 heavy (non-hydrogen) atoms. The number of benzene rings is 1. The van der Waals surface area contributed by atoms with Crippen LogP contribution in [0.4, 0.5) is 5.69 Å². The van der Waals surface area contributed by atoms with Crippen molar-refractivity contribution in [1.29, 1.82) is 0 Å². The van der Waals surface area contributed by atoms with Crippen molar-refractivity contribution in [2.45, 2.75) is 4.90 Å². The summed E-state index contributed by atoms with van der Waals surface area (Å²) in [7, 11) is 2.48. The van der Waals surface area contributed by atoms with Crippen LogP contribution in [0.3, 0.4) is 0 Å². The van der Waals surface area contributed by atoms with Crippen LogP contribution in [0.25, 0.3) is 0 Å². The van der Waals surface area contributed by atoms with Crippen molar-refractivity contribution < 1.29 is 13.0 Å². The minimum absolute atomic E-state index is 0.441. The van der Waals surface area contributed by atoms with E-state index in [1.165, 1.54) is 0 Å². The van der Waals surface area contributed by atoms with Crippen molar-refractivity contribution in [3.8, 4) is 0 Å². The lowest BCUT2D eigenvalue weighted by atomic mass is 10.3. The topological polar surface area (TPSA) is 54.4 Å². The molecule has 0 amide bonds. The fraction of sp³-hybridized carbons (Fsp3) is 0.333. The molecule has 0 aliphatic rings. The van der Waals surface area contributed by atoms with Crippen LogP contribution in [0.5, 0.6) is 0 Å². The highest BCUT2D eigenvalue weighted by Gasteiger charge is 2.13. The molecular weight excluding hydrogens is 234 g/mol. The van der Waals surface area contributed by atoms with Crippen molar-refractivity contribution in [2.75, 3.05) is 21.1 Å². The first kappa shape index (κ1) is 12.5. The molecule has 0 aliphatic carbocycles. The molecule has 0 saturated heterocycles. The average Bonchev–Trinajstić information content (AvgIpc) is 2.00. The summed E-state index contributed by atoms with van der Waals surface area (Å²) in [6.07, 6.45) is 0. The summed E-state index contributed by atoms with van der Waals surface area (Å²) in [5, 5.41) is 0. The molecule has 1 aromatic rings. The fourth-order valence-electron chi connectivity index (χ4n) is 1.07. The summed E-state index contributed by atoms with van der Waals surface area (Å²) in [6.45, 7) is 0. The summed E-state index contributed by atoms with van der Waals surface area (Å²) in [5.41, 5.74) is 1.06. The van der Waals surface area contributed by atoms with E-state index in [0.717, 1.165) is 5.69 Å². The first-order valence-corrected chi connectivity index (χ1v) is 7.05. The smallest absolute Gasteiger partial charge is 0.298 e. The molecule has 1 N–H and O–H groups in total. The highest BCUT2D eigenvalue weighted by atomic mass is 33.1. The zero-order valence-corrected chi connectivity index (χ0v) is 10.5. The van der Waals surface area contributed by atoms with Gasteiger partial charge in [-0.15, -0.1) is 0 Å². The van der Waals surface area contributed by atoms with E-state index < -0.39 is 9.15 Å². The molecule has 0 atom stereocenters. The molecule has 6 heteroatoms. The molecule has 84 valence electrons. The van der Waals surface area contributed by atoms with Crippen LogP contribution in [0.2, 0.25) is 0 Å². The van der Waals surface area contributed by atoms with Crippen LogP contribution in [0, 0.1) is 0 Å². The fourth-order valence-corrected chi connectivity index (χ4v) is 2.62. The maximum Gasteiger partial charge on any atom is 0.324 e. The Kier molecular flexibility index (Phi) is 3.44. The quantitative estimate of drug-likeness (QED) is 0.503. The number of nitrogens with zero attached hydrogens (tertiary/aromatic N) is 1. The van der Waals surface area contributed by atoms with E-state index in [0.29, 0.717) is 20.2 Å². The molecule has 1 aromatic carbocycles. The van der Waals surface area contributed by atoms with E-state index in [1.807, 2.05) is 33.3 Å². The molecule has 0 unspecified atom stereocenters. The molecule has 0 aromatic heterocycles. The van der Waals surface area contributed by atoms with E-state index in [-0.39, 0.29) is 0 Å². The van der Waals surface area contributed by atoms with E-state index in [9.17, 15) is 8.42 Å². The largest absolute Gasteiger partial charge is 0.324 e. The van der Waals surface area contributed by atoms with Crippen molar-refractivity contribution >= 4 is 25.6 Å². The second-order valence-electron chi connectivity index (χ2n) is 4.02. The van der Waals surface area contributed by atoms with Gasteiger partial charge < -0.3 is 0 Å². The number of quaternary nitrogens is 1. The Hall–Kier alpha value is -0.560. The first-order valence-electron chi connectivity index (χ1n) is 4.27. The van der Waals surface area contributed by atoms with Gasteiger partial charge in [0.05, 0.1) is 21.1 Å². The van der Waals surface area contributed by atoms with Crippen molar-refractivity contribution in [3.05, 3.63) is 24.3 Å². The standard InChI is InChI=1S/C9H13NO3S2/c1-10(2,3)8-4-6-9(7-5-8)14-15(11,12)13/h4-7H,1-3H3/p+1. The van der Waals surface area contributed by atoms with E-state index in [1.54, 1.807) is 12.1 Å². The zero-order valence-electron chi connectivity index (χ0n) is 8.84. The minimum atomic E-state index is -4.01. The predicted octanol–water partition coefficient (Wildman–Crippen LogP) is 1.78. The highest BCUT2D eigenvalue weighted by Crippen LogP contribution is 2.26. The Balaban J connectivity index is 2.91. The van der Waals surface area contributed by atoms with Gasteiger partial charge in [0.1, 0.15) is 5.69 Å². The summed E-state index contributed by atoms with van der Waals surface area (Å²) in [4.78, 5) is 0.509. The Labute approximate surface area is 93.6 Å². The van der Waals surface area contributed by atoms with Crippen LogP contribution in [-0.2, 0) is 9.15 Å². The Morgan fingerprint density at radius 1 is 1.13 bits per heavy atom. The van der Waals surface area contributed by atoms with E-state index in [4.69, 9.17) is 4.55 Å². The van der Waals surface area contributed by atoms with Crippen LogP contribution >= 0.6 is 10.8 Å². The van der Waals surface area contributed by atoms with Gasteiger partial charge in [0.15, 0.2) is 0 Å². The summed E-state index contributed by atoms with van der Waals surface area (Å²) in [5.74, 6) is 0. The number of hydrogen-bond acceptors (Lipinski definition) is 3. The third-order valence-electron chi connectivity index (χ3n) is 1.81. The van der Waals surface area contributed by atoms with Gasteiger partial charge in [0, 0.05) is 27.8 Å². The van der Waals surface area contributed by atoms with Crippen LogP contribution in [0.1, 0.15) is 0 Å². The van der Waals surface area contributed by atoms with Gasteiger partial charge in [0.2, 0.25) is 0 Å². The van der Waals surface area contributed by atoms with Gasteiger partial charge in [-0.3, -0.25) is 9.04 Å². The van der Waals surface area contributed by atoms with Gasteiger partial charge in [0.25, 0.3) is 0 Å². The highest BCUT2D eigenvalue weighted by molar-refractivity contribution is 8.69. The zero-order chi connectivity index (χ0) is 11.7. The van der Waals surface area contributed by atoms with Gasteiger partial charge in [-0.1, -0.05) is 0 Å². The Bertz CT molecular complexity index is 431.